The average Bonchev–Trinajstić information content (AvgIpc) is 2.68. The number of aromatic nitrogens is 1. The summed E-state index contributed by atoms with van der Waals surface area (Å²) in [5.41, 5.74) is 0.665. The van der Waals surface area contributed by atoms with Crippen molar-refractivity contribution in [1.29, 1.82) is 0 Å². The first kappa shape index (κ1) is 18.5. The molecule has 3 rings (SSSR count). The predicted molar refractivity (Wildman–Crippen MR) is 96.0 cm³/mol. The van der Waals surface area contributed by atoms with E-state index in [0.717, 1.165) is 10.1 Å². The third-order valence-electron chi connectivity index (χ3n) is 4.16. The summed E-state index contributed by atoms with van der Waals surface area (Å²) in [5, 5.41) is 2.83. The average molecular weight is 372 g/mol. The van der Waals surface area contributed by atoms with Crippen molar-refractivity contribution in [2.24, 2.45) is 0 Å². The summed E-state index contributed by atoms with van der Waals surface area (Å²) in [6, 6.07) is 7.76. The van der Waals surface area contributed by atoms with Crippen LogP contribution in [-0.2, 0) is 16.1 Å². The zero-order valence-electron chi connectivity index (χ0n) is 15.1. The van der Waals surface area contributed by atoms with E-state index in [-0.39, 0.29) is 29.6 Å². The van der Waals surface area contributed by atoms with Crippen molar-refractivity contribution in [1.82, 2.24) is 9.88 Å². The molecule has 0 radical (unpaired) electrons. The first-order valence-corrected chi connectivity index (χ1v) is 8.45. The lowest BCUT2D eigenvalue weighted by Gasteiger charge is -2.21. The van der Waals surface area contributed by atoms with Gasteiger partial charge in [-0.3, -0.25) is 9.59 Å². The van der Waals surface area contributed by atoms with Crippen LogP contribution >= 0.6 is 0 Å². The summed E-state index contributed by atoms with van der Waals surface area (Å²) in [6.07, 6.45) is 1.31. The molecule has 27 heavy (non-hydrogen) atoms. The molecular weight excluding hydrogens is 352 g/mol. The minimum atomic E-state index is -0.575. The monoisotopic (exact) mass is 372 g/mol. The molecule has 2 aromatic rings. The van der Waals surface area contributed by atoms with Gasteiger partial charge in [-0.15, -0.1) is 0 Å². The van der Waals surface area contributed by atoms with Crippen LogP contribution in [-0.4, -0.2) is 36.8 Å². The van der Waals surface area contributed by atoms with E-state index in [0.29, 0.717) is 24.7 Å². The highest BCUT2D eigenvalue weighted by Crippen LogP contribution is 2.32. The molecule has 0 bridgehead atoms. The Morgan fingerprint density at radius 3 is 2.67 bits per heavy atom. The van der Waals surface area contributed by atoms with Crippen LogP contribution in [0.3, 0.4) is 0 Å². The molecule has 8 heteroatoms. The third kappa shape index (κ3) is 4.28. The van der Waals surface area contributed by atoms with Crippen LogP contribution in [0.4, 0.5) is 0 Å². The highest BCUT2D eigenvalue weighted by molar-refractivity contribution is 5.89. The topological polar surface area (TPSA) is 95.9 Å². The van der Waals surface area contributed by atoms with Gasteiger partial charge in [0.25, 0.3) is 5.56 Å². The van der Waals surface area contributed by atoms with Crippen molar-refractivity contribution in [2.75, 3.05) is 20.3 Å². The van der Waals surface area contributed by atoms with Crippen LogP contribution in [0.5, 0.6) is 11.5 Å². The molecule has 1 aromatic carbocycles. The Hall–Kier alpha value is -3.29. The van der Waals surface area contributed by atoms with E-state index in [4.69, 9.17) is 9.47 Å². The van der Waals surface area contributed by atoms with Gasteiger partial charge in [-0.25, -0.2) is 4.79 Å². The minimum Gasteiger partial charge on any atom is -0.486 e. The molecule has 1 atom stereocenters. The molecule has 0 unspecified atom stereocenters. The molecule has 0 saturated heterocycles. The maximum absolute atomic E-state index is 12.3. The van der Waals surface area contributed by atoms with E-state index >= 15 is 0 Å². The first-order chi connectivity index (χ1) is 13.0. The smallest absolute Gasteiger partial charge is 0.339 e. The fourth-order valence-electron chi connectivity index (χ4n) is 2.75. The van der Waals surface area contributed by atoms with Gasteiger partial charge in [-0.05, 0) is 30.7 Å². The van der Waals surface area contributed by atoms with Crippen molar-refractivity contribution >= 4 is 11.9 Å². The molecule has 1 amide bonds. The van der Waals surface area contributed by atoms with Crippen molar-refractivity contribution < 1.29 is 23.8 Å². The second-order valence-electron chi connectivity index (χ2n) is 6.07. The maximum Gasteiger partial charge on any atom is 0.339 e. The second kappa shape index (κ2) is 7.94. The number of amides is 1. The van der Waals surface area contributed by atoms with Gasteiger partial charge in [0, 0.05) is 12.3 Å². The van der Waals surface area contributed by atoms with Crippen LogP contribution in [0.15, 0.2) is 41.3 Å². The van der Waals surface area contributed by atoms with E-state index in [1.54, 1.807) is 6.07 Å². The molecule has 8 nitrogen and oxygen atoms in total. The van der Waals surface area contributed by atoms with Crippen molar-refractivity contribution in [3.05, 3.63) is 58.0 Å². The highest BCUT2D eigenvalue weighted by Gasteiger charge is 2.16. The predicted octanol–water partition coefficient (Wildman–Crippen LogP) is 1.28. The number of ether oxygens (including phenoxy) is 3. The number of carbonyl (C=O) groups excluding carboxylic acids is 2. The van der Waals surface area contributed by atoms with Gasteiger partial charge >= 0.3 is 5.97 Å². The van der Waals surface area contributed by atoms with Crippen LogP contribution in [0.25, 0.3) is 0 Å². The fourth-order valence-corrected chi connectivity index (χ4v) is 2.75. The number of nitrogens with one attached hydrogen (secondary N) is 1. The lowest BCUT2D eigenvalue weighted by molar-refractivity contribution is -0.122. The molecule has 1 aromatic heterocycles. The van der Waals surface area contributed by atoms with Gasteiger partial charge in [0.1, 0.15) is 19.8 Å². The van der Waals surface area contributed by atoms with Crippen molar-refractivity contribution in [3.63, 3.8) is 0 Å². The van der Waals surface area contributed by atoms with Gasteiger partial charge in [0.15, 0.2) is 11.5 Å². The van der Waals surface area contributed by atoms with Crippen LogP contribution in [0.1, 0.15) is 28.9 Å². The third-order valence-corrected chi connectivity index (χ3v) is 4.16. The van der Waals surface area contributed by atoms with Gasteiger partial charge in [-0.2, -0.15) is 0 Å². The van der Waals surface area contributed by atoms with Gasteiger partial charge < -0.3 is 24.1 Å². The lowest BCUT2D eigenvalue weighted by Crippen LogP contribution is -2.33. The molecule has 1 N–H and O–H groups in total. The van der Waals surface area contributed by atoms with E-state index < -0.39 is 5.97 Å². The molecule has 0 fully saturated rings. The number of carbonyl (C=O) groups is 2. The number of benzene rings is 1. The van der Waals surface area contributed by atoms with Crippen LogP contribution in [0, 0.1) is 0 Å². The lowest BCUT2D eigenvalue weighted by atomic mass is 10.1. The SMILES string of the molecule is COC(=O)c1ccc(=O)n(CC(=O)N[C@H](C)c2ccc3c(c2)OCCO3)c1. The summed E-state index contributed by atoms with van der Waals surface area (Å²) in [6.45, 7) is 2.62. The van der Waals surface area contributed by atoms with Crippen molar-refractivity contribution in [3.8, 4) is 11.5 Å². The summed E-state index contributed by atoms with van der Waals surface area (Å²) < 4.78 is 16.8. The maximum atomic E-state index is 12.3. The van der Waals surface area contributed by atoms with Crippen LogP contribution < -0.4 is 20.3 Å². The first-order valence-electron chi connectivity index (χ1n) is 8.45. The standard InChI is InChI=1S/C19H20N2O6/c1-12(13-3-5-15-16(9-13)27-8-7-26-15)20-17(22)11-21-10-14(19(24)25-2)4-6-18(21)23/h3-6,9-10,12H,7-8,11H2,1-2H3,(H,20,22)/t12-/m1/s1. The Balaban J connectivity index is 1.69. The number of methoxy groups -OCH3 is 1. The van der Waals surface area contributed by atoms with Gasteiger partial charge in [0.2, 0.25) is 5.91 Å². The number of nitrogens with zero attached hydrogens (tertiary/aromatic N) is 1. The molecular formula is C19H20N2O6. The minimum absolute atomic E-state index is 0.199. The number of hydrogen-bond acceptors (Lipinski definition) is 6. The molecule has 1 aliphatic rings. The van der Waals surface area contributed by atoms with E-state index in [1.165, 1.54) is 25.4 Å². The summed E-state index contributed by atoms with van der Waals surface area (Å²) in [7, 11) is 1.25. The Labute approximate surface area is 155 Å². The van der Waals surface area contributed by atoms with Gasteiger partial charge in [-0.1, -0.05) is 6.07 Å². The number of esters is 1. The summed E-state index contributed by atoms with van der Waals surface area (Å²) >= 11 is 0. The molecule has 0 aliphatic carbocycles. The van der Waals surface area contributed by atoms with E-state index in [9.17, 15) is 14.4 Å². The highest BCUT2D eigenvalue weighted by atomic mass is 16.6. The molecule has 0 spiro atoms. The van der Waals surface area contributed by atoms with E-state index in [2.05, 4.69) is 10.1 Å². The molecule has 142 valence electrons. The Morgan fingerprint density at radius 2 is 1.93 bits per heavy atom. The number of hydrogen-bond donors (Lipinski definition) is 1. The zero-order chi connectivity index (χ0) is 19.4. The number of rotatable bonds is 5. The Morgan fingerprint density at radius 1 is 1.19 bits per heavy atom. The normalized spacial score (nSPS) is 13.6. The van der Waals surface area contributed by atoms with Crippen LogP contribution in [0.2, 0.25) is 0 Å². The quantitative estimate of drug-likeness (QED) is 0.795. The zero-order valence-corrected chi connectivity index (χ0v) is 15.1. The second-order valence-corrected chi connectivity index (χ2v) is 6.07. The largest absolute Gasteiger partial charge is 0.486 e. The van der Waals surface area contributed by atoms with Crippen molar-refractivity contribution in [2.45, 2.75) is 19.5 Å². The summed E-state index contributed by atoms with van der Waals surface area (Å²) in [5.74, 6) is 0.381. The van der Waals surface area contributed by atoms with Gasteiger partial charge in [0.05, 0.1) is 18.7 Å². The fraction of sp³-hybridized carbons (Fsp3) is 0.316. The molecule has 1 aliphatic heterocycles. The van der Waals surface area contributed by atoms with E-state index in [1.807, 2.05) is 19.1 Å². The Bertz CT molecular complexity index is 921. The molecule has 0 saturated carbocycles. The number of pyridine rings is 1. The molecule has 2 heterocycles. The number of fused-ring (bicyclic) bond motifs is 1. The summed E-state index contributed by atoms with van der Waals surface area (Å²) in [4.78, 5) is 35.9. The Kier molecular flexibility index (Phi) is 5.44.